The van der Waals surface area contributed by atoms with Gasteiger partial charge in [-0.1, -0.05) is 35.4 Å². The number of ketones is 1. The van der Waals surface area contributed by atoms with Gasteiger partial charge in [0.25, 0.3) is 0 Å². The minimum absolute atomic E-state index is 0.0157. The molecule has 0 radical (unpaired) electrons. The molecule has 1 atom stereocenters. The molecule has 0 saturated carbocycles. The summed E-state index contributed by atoms with van der Waals surface area (Å²) < 4.78 is 35.2. The van der Waals surface area contributed by atoms with Crippen molar-refractivity contribution in [3.8, 4) is 5.75 Å². The topological polar surface area (TPSA) is 107 Å². The van der Waals surface area contributed by atoms with Crippen molar-refractivity contribution in [2.75, 3.05) is 18.1 Å². The summed E-state index contributed by atoms with van der Waals surface area (Å²) in [4.78, 5) is 39.2. The molecule has 8 nitrogen and oxygen atoms in total. The Balaban J connectivity index is 1.32. The van der Waals surface area contributed by atoms with E-state index in [-0.39, 0.29) is 35.1 Å². The van der Waals surface area contributed by atoms with Gasteiger partial charge in [-0.05, 0) is 68.8 Å². The largest absolute Gasteiger partial charge is 0.457 e. The molecule has 0 spiro atoms. The number of nitrogens with zero attached hydrogens (tertiary/aromatic N) is 1. The van der Waals surface area contributed by atoms with Crippen LogP contribution in [-0.4, -0.2) is 39.2 Å². The summed E-state index contributed by atoms with van der Waals surface area (Å²) in [5, 5.41) is 0. The normalized spacial score (nSPS) is 15.5. The number of aryl methyl sites for hydroxylation is 3. The number of esters is 1. The average molecular weight is 522 g/mol. The van der Waals surface area contributed by atoms with Crippen LogP contribution in [0.25, 0.3) is 0 Å². The third-order valence-electron chi connectivity index (χ3n) is 6.14. The van der Waals surface area contributed by atoms with E-state index in [9.17, 15) is 22.8 Å². The molecule has 37 heavy (non-hydrogen) atoms. The van der Waals surface area contributed by atoms with Crippen LogP contribution in [-0.2, 0) is 24.4 Å². The number of rotatable bonds is 8. The van der Waals surface area contributed by atoms with E-state index in [1.807, 2.05) is 39.0 Å². The van der Waals surface area contributed by atoms with Gasteiger partial charge in [0, 0.05) is 24.2 Å². The second kappa shape index (κ2) is 10.6. The molecule has 3 aromatic carbocycles. The maximum atomic E-state index is 12.6. The second-order valence-corrected chi connectivity index (χ2v) is 10.6. The average Bonchev–Trinajstić information content (AvgIpc) is 3.24. The summed E-state index contributed by atoms with van der Waals surface area (Å²) in [5.74, 6) is -1.86. The standard InChI is InChI=1S/C28H27NO7S/c1-18-4-11-24(12-5-18)37(33,34)36-23-9-7-21(8-10-23)26(30)17-35-28(32)22-15-27(31)29(16-22)25-13-6-19(2)14-20(25)3/h4-14,22H,15-17H2,1-3H3/t22-/m1/s1. The Labute approximate surface area is 215 Å². The molecule has 0 unspecified atom stereocenters. The first-order valence-electron chi connectivity index (χ1n) is 11.7. The first-order chi connectivity index (χ1) is 17.5. The van der Waals surface area contributed by atoms with Gasteiger partial charge in [0.1, 0.15) is 10.6 Å². The third kappa shape index (κ3) is 6.06. The van der Waals surface area contributed by atoms with Crippen LogP contribution < -0.4 is 9.08 Å². The maximum Gasteiger partial charge on any atom is 0.339 e. The van der Waals surface area contributed by atoms with Crippen molar-refractivity contribution in [2.45, 2.75) is 32.1 Å². The Morgan fingerprint density at radius 3 is 2.22 bits per heavy atom. The molecule has 3 aromatic rings. The van der Waals surface area contributed by atoms with Crippen molar-refractivity contribution < 1.29 is 31.7 Å². The van der Waals surface area contributed by atoms with E-state index in [0.717, 1.165) is 22.4 Å². The van der Waals surface area contributed by atoms with Crippen LogP contribution in [0.3, 0.4) is 0 Å². The molecule has 192 valence electrons. The van der Waals surface area contributed by atoms with Gasteiger partial charge in [0.05, 0.1) is 5.92 Å². The number of carbonyl (C=O) groups excluding carboxylic acids is 3. The number of ether oxygens (including phenoxy) is 1. The van der Waals surface area contributed by atoms with Crippen LogP contribution in [0, 0.1) is 26.7 Å². The Morgan fingerprint density at radius 2 is 1.57 bits per heavy atom. The zero-order valence-corrected chi connectivity index (χ0v) is 21.6. The highest BCUT2D eigenvalue weighted by Gasteiger charge is 2.37. The van der Waals surface area contributed by atoms with Gasteiger partial charge in [0.2, 0.25) is 5.91 Å². The summed E-state index contributed by atoms with van der Waals surface area (Å²) in [6.45, 7) is 5.42. The molecule has 1 heterocycles. The van der Waals surface area contributed by atoms with Crippen molar-refractivity contribution in [2.24, 2.45) is 5.92 Å². The molecule has 1 fully saturated rings. The molecule has 0 bridgehead atoms. The van der Waals surface area contributed by atoms with E-state index in [1.165, 1.54) is 36.4 Å². The van der Waals surface area contributed by atoms with Crippen LogP contribution in [0.4, 0.5) is 5.69 Å². The third-order valence-corrected chi connectivity index (χ3v) is 7.40. The minimum atomic E-state index is -4.01. The van der Waals surface area contributed by atoms with Crippen LogP contribution in [0.1, 0.15) is 33.5 Å². The van der Waals surface area contributed by atoms with Crippen LogP contribution >= 0.6 is 0 Å². The van der Waals surface area contributed by atoms with Crippen LogP contribution in [0.2, 0.25) is 0 Å². The molecule has 9 heteroatoms. The monoisotopic (exact) mass is 521 g/mol. The van der Waals surface area contributed by atoms with Crippen molar-refractivity contribution in [1.29, 1.82) is 0 Å². The van der Waals surface area contributed by atoms with Crippen LogP contribution in [0.15, 0.2) is 71.6 Å². The number of benzene rings is 3. The summed E-state index contributed by atoms with van der Waals surface area (Å²) in [6, 6.07) is 17.5. The number of Topliss-reactive ketones (excluding diaryl/α,β-unsaturated/α-hetero) is 1. The van der Waals surface area contributed by atoms with Gasteiger partial charge in [-0.25, -0.2) is 0 Å². The Bertz CT molecular complexity index is 1440. The van der Waals surface area contributed by atoms with Crippen LogP contribution in [0.5, 0.6) is 5.75 Å². The maximum absolute atomic E-state index is 12.6. The Kier molecular flexibility index (Phi) is 7.45. The molecule has 1 aliphatic rings. The first kappa shape index (κ1) is 26.1. The van der Waals surface area contributed by atoms with E-state index >= 15 is 0 Å². The number of anilines is 1. The molecule has 1 amide bonds. The molecule has 1 saturated heterocycles. The number of carbonyl (C=O) groups is 3. The second-order valence-electron chi connectivity index (χ2n) is 9.10. The molecule has 0 aromatic heterocycles. The predicted octanol–water partition coefficient (Wildman–Crippen LogP) is 4.16. The fraction of sp³-hybridized carbons (Fsp3) is 0.250. The van der Waals surface area contributed by atoms with Crippen molar-refractivity contribution >= 4 is 33.5 Å². The van der Waals surface area contributed by atoms with Gasteiger partial charge in [0.15, 0.2) is 12.4 Å². The highest BCUT2D eigenvalue weighted by atomic mass is 32.2. The predicted molar refractivity (Wildman–Crippen MR) is 137 cm³/mol. The highest BCUT2D eigenvalue weighted by Crippen LogP contribution is 2.29. The molecule has 1 aliphatic heterocycles. The van der Waals surface area contributed by atoms with E-state index in [1.54, 1.807) is 17.0 Å². The summed E-state index contributed by atoms with van der Waals surface area (Å²) in [5.41, 5.74) is 3.92. The van der Waals surface area contributed by atoms with Gasteiger partial charge < -0.3 is 13.8 Å². The number of hydrogen-bond donors (Lipinski definition) is 0. The summed E-state index contributed by atoms with van der Waals surface area (Å²) in [6.07, 6.45) is 0.0157. The smallest absolute Gasteiger partial charge is 0.339 e. The van der Waals surface area contributed by atoms with E-state index in [0.29, 0.717) is 0 Å². The highest BCUT2D eigenvalue weighted by molar-refractivity contribution is 7.87. The van der Waals surface area contributed by atoms with E-state index in [4.69, 9.17) is 8.92 Å². The lowest BCUT2D eigenvalue weighted by Gasteiger charge is -2.19. The molecule has 0 aliphatic carbocycles. The number of amides is 1. The lowest BCUT2D eigenvalue weighted by atomic mass is 10.1. The van der Waals surface area contributed by atoms with Crippen molar-refractivity contribution in [3.63, 3.8) is 0 Å². The Hall–Kier alpha value is -3.98. The minimum Gasteiger partial charge on any atom is -0.457 e. The lowest BCUT2D eigenvalue weighted by Crippen LogP contribution is -2.27. The first-order valence-corrected chi connectivity index (χ1v) is 13.1. The molecular weight excluding hydrogens is 494 g/mol. The van der Waals surface area contributed by atoms with Gasteiger partial charge >= 0.3 is 16.1 Å². The molecule has 4 rings (SSSR count). The quantitative estimate of drug-likeness (QED) is 0.249. The van der Waals surface area contributed by atoms with Crippen molar-refractivity contribution in [3.05, 3.63) is 89.0 Å². The fourth-order valence-corrected chi connectivity index (χ4v) is 5.05. The van der Waals surface area contributed by atoms with Gasteiger partial charge in [-0.2, -0.15) is 8.42 Å². The van der Waals surface area contributed by atoms with Gasteiger partial charge in [-0.15, -0.1) is 0 Å². The van der Waals surface area contributed by atoms with E-state index in [2.05, 4.69) is 0 Å². The van der Waals surface area contributed by atoms with E-state index < -0.39 is 34.4 Å². The summed E-state index contributed by atoms with van der Waals surface area (Å²) >= 11 is 0. The summed E-state index contributed by atoms with van der Waals surface area (Å²) in [7, 11) is -4.01. The zero-order valence-electron chi connectivity index (χ0n) is 20.8. The molecular formula is C28H27NO7S. The SMILES string of the molecule is Cc1ccc(S(=O)(=O)Oc2ccc(C(=O)COC(=O)[C@@H]3CC(=O)N(c4ccc(C)cc4C)C3)cc2)cc1. The number of hydrogen-bond acceptors (Lipinski definition) is 7. The van der Waals surface area contributed by atoms with Gasteiger partial charge in [-0.3, -0.25) is 14.4 Å². The zero-order chi connectivity index (χ0) is 26.7. The molecule has 0 N–H and O–H groups in total. The van der Waals surface area contributed by atoms with Crippen molar-refractivity contribution in [1.82, 2.24) is 0 Å². The Morgan fingerprint density at radius 1 is 0.919 bits per heavy atom. The lowest BCUT2D eigenvalue weighted by molar-refractivity contribution is -0.147. The fourth-order valence-electron chi connectivity index (χ4n) is 4.12.